The van der Waals surface area contributed by atoms with Crippen LogP contribution in [-0.4, -0.2) is 25.3 Å². The van der Waals surface area contributed by atoms with Crippen LogP contribution in [0.3, 0.4) is 0 Å². The first-order valence-corrected chi connectivity index (χ1v) is 8.80. The molecule has 0 atom stereocenters. The van der Waals surface area contributed by atoms with Gasteiger partial charge in [0.15, 0.2) is 0 Å². The van der Waals surface area contributed by atoms with Gasteiger partial charge >= 0.3 is 0 Å². The average Bonchev–Trinajstić information content (AvgIpc) is 3.23. The first-order valence-electron chi connectivity index (χ1n) is 7.36. The lowest BCUT2D eigenvalue weighted by Crippen LogP contribution is -2.34. The lowest BCUT2D eigenvalue weighted by Gasteiger charge is -2.23. The zero-order valence-corrected chi connectivity index (χ0v) is 13.4. The van der Waals surface area contributed by atoms with Gasteiger partial charge in [-0.1, -0.05) is 13.8 Å². The molecule has 1 saturated carbocycles. The highest BCUT2D eigenvalue weighted by Crippen LogP contribution is 2.33. The maximum atomic E-state index is 13.5. The molecule has 2 rings (SSSR count). The van der Waals surface area contributed by atoms with Gasteiger partial charge in [0.05, 0.1) is 4.90 Å². The Morgan fingerprint density at radius 3 is 2.57 bits per heavy atom. The fraction of sp³-hybridized carbons (Fsp3) is 0.600. The molecule has 118 valence electrons. The molecule has 1 aromatic carbocycles. The van der Waals surface area contributed by atoms with Gasteiger partial charge in [0.1, 0.15) is 5.82 Å². The van der Waals surface area contributed by atoms with Crippen LogP contribution in [0.2, 0.25) is 0 Å². The summed E-state index contributed by atoms with van der Waals surface area (Å²) in [6, 6.07) is 3.97. The van der Waals surface area contributed by atoms with Crippen LogP contribution in [0.1, 0.15) is 38.7 Å². The summed E-state index contributed by atoms with van der Waals surface area (Å²) in [7, 11) is -3.57. The van der Waals surface area contributed by atoms with Crippen molar-refractivity contribution in [2.45, 2.75) is 50.6 Å². The van der Waals surface area contributed by atoms with Crippen molar-refractivity contribution in [2.75, 3.05) is 6.54 Å². The van der Waals surface area contributed by atoms with Gasteiger partial charge in [0, 0.05) is 24.7 Å². The molecule has 0 radical (unpaired) electrons. The van der Waals surface area contributed by atoms with Crippen LogP contribution in [0.4, 0.5) is 4.39 Å². The summed E-state index contributed by atoms with van der Waals surface area (Å²) < 4.78 is 40.6. The molecule has 1 aliphatic rings. The molecule has 0 unspecified atom stereocenters. The van der Waals surface area contributed by atoms with Crippen LogP contribution in [0, 0.1) is 11.7 Å². The van der Waals surface area contributed by atoms with Crippen LogP contribution in [-0.2, 0) is 16.6 Å². The number of rotatable bonds is 7. The quantitative estimate of drug-likeness (QED) is 0.841. The van der Waals surface area contributed by atoms with E-state index in [2.05, 4.69) is 13.8 Å². The van der Waals surface area contributed by atoms with Gasteiger partial charge in [-0.2, -0.15) is 4.31 Å². The van der Waals surface area contributed by atoms with Gasteiger partial charge in [-0.25, -0.2) is 12.8 Å². The van der Waals surface area contributed by atoms with E-state index in [1.165, 1.54) is 18.2 Å². The van der Waals surface area contributed by atoms with Crippen LogP contribution in [0.15, 0.2) is 23.1 Å². The summed E-state index contributed by atoms with van der Waals surface area (Å²) in [4.78, 5) is 0.139. The van der Waals surface area contributed by atoms with Gasteiger partial charge in [0.2, 0.25) is 10.0 Å². The predicted molar refractivity (Wildman–Crippen MR) is 80.7 cm³/mol. The minimum absolute atomic E-state index is 0.00931. The number of nitrogens with two attached hydrogens (primary N) is 1. The summed E-state index contributed by atoms with van der Waals surface area (Å²) in [5.74, 6) is -0.0223. The molecule has 2 N–H and O–H groups in total. The fourth-order valence-corrected chi connectivity index (χ4v) is 4.00. The summed E-state index contributed by atoms with van der Waals surface area (Å²) in [6.45, 7) is 4.65. The molecule has 0 heterocycles. The average molecular weight is 314 g/mol. The Hall–Kier alpha value is -0.980. The highest BCUT2D eigenvalue weighted by Gasteiger charge is 2.37. The van der Waals surface area contributed by atoms with Crippen molar-refractivity contribution in [1.82, 2.24) is 4.31 Å². The standard InChI is InChI=1S/C15H23FN2O2S/c1-11(2)7-8-18(13-3-4-13)21(19,20)14-5-6-15(16)12(9-14)10-17/h5-6,9,11,13H,3-4,7-8,10,17H2,1-2H3. The Morgan fingerprint density at radius 2 is 2.05 bits per heavy atom. The van der Waals surface area contributed by atoms with Gasteiger partial charge in [-0.3, -0.25) is 0 Å². The maximum Gasteiger partial charge on any atom is 0.243 e. The molecular weight excluding hydrogens is 291 g/mol. The number of halogens is 1. The molecule has 0 bridgehead atoms. The summed E-state index contributed by atoms with van der Waals surface area (Å²) >= 11 is 0. The van der Waals surface area contributed by atoms with Crippen molar-refractivity contribution in [1.29, 1.82) is 0 Å². The second-order valence-electron chi connectivity index (χ2n) is 5.99. The second-order valence-corrected chi connectivity index (χ2v) is 7.88. The Kier molecular flexibility index (Phi) is 5.01. The first kappa shape index (κ1) is 16.4. The first-order chi connectivity index (χ1) is 9.86. The summed E-state index contributed by atoms with van der Waals surface area (Å²) in [5, 5.41) is 0. The van der Waals surface area contributed by atoms with Crippen LogP contribution < -0.4 is 5.73 Å². The topological polar surface area (TPSA) is 63.4 Å². The molecule has 0 aliphatic heterocycles. The van der Waals surface area contributed by atoms with E-state index < -0.39 is 15.8 Å². The van der Waals surface area contributed by atoms with E-state index >= 15 is 0 Å². The molecule has 0 aromatic heterocycles. The third kappa shape index (κ3) is 3.81. The molecule has 6 heteroatoms. The van der Waals surface area contributed by atoms with E-state index in [1.54, 1.807) is 4.31 Å². The van der Waals surface area contributed by atoms with Crippen molar-refractivity contribution in [3.63, 3.8) is 0 Å². The van der Waals surface area contributed by atoms with Gasteiger partial charge in [0.25, 0.3) is 0 Å². The van der Waals surface area contributed by atoms with Crippen molar-refractivity contribution in [2.24, 2.45) is 11.7 Å². The van der Waals surface area contributed by atoms with E-state index in [-0.39, 0.29) is 23.0 Å². The number of benzene rings is 1. The van der Waals surface area contributed by atoms with Gasteiger partial charge in [-0.05, 0) is 43.4 Å². The Balaban J connectivity index is 2.29. The lowest BCUT2D eigenvalue weighted by atomic mass is 10.1. The van der Waals surface area contributed by atoms with Gasteiger partial charge in [-0.15, -0.1) is 0 Å². The third-order valence-electron chi connectivity index (χ3n) is 3.72. The van der Waals surface area contributed by atoms with Crippen molar-refractivity contribution in [3.05, 3.63) is 29.6 Å². The molecule has 4 nitrogen and oxygen atoms in total. The fourth-order valence-electron chi connectivity index (χ4n) is 2.25. The normalized spacial score (nSPS) is 15.9. The minimum atomic E-state index is -3.57. The molecular formula is C15H23FN2O2S. The van der Waals surface area contributed by atoms with E-state index in [0.29, 0.717) is 12.5 Å². The van der Waals surface area contributed by atoms with Gasteiger partial charge < -0.3 is 5.73 Å². The molecule has 1 aromatic rings. The number of sulfonamides is 1. The highest BCUT2D eigenvalue weighted by atomic mass is 32.2. The molecule has 0 spiro atoms. The second kappa shape index (κ2) is 6.42. The minimum Gasteiger partial charge on any atom is -0.326 e. The van der Waals surface area contributed by atoms with E-state index in [9.17, 15) is 12.8 Å². The number of nitrogens with zero attached hydrogens (tertiary/aromatic N) is 1. The van der Waals surface area contributed by atoms with E-state index in [4.69, 9.17) is 5.73 Å². The predicted octanol–water partition coefficient (Wildman–Crippen LogP) is 2.48. The SMILES string of the molecule is CC(C)CCN(C1CC1)S(=O)(=O)c1ccc(F)c(CN)c1. The molecule has 1 fully saturated rings. The van der Waals surface area contributed by atoms with E-state index in [0.717, 1.165) is 19.3 Å². The molecule has 0 saturated heterocycles. The van der Waals surface area contributed by atoms with Crippen molar-refractivity contribution >= 4 is 10.0 Å². The maximum absolute atomic E-state index is 13.5. The molecule has 1 aliphatic carbocycles. The summed E-state index contributed by atoms with van der Waals surface area (Å²) in [5.41, 5.74) is 5.69. The number of hydrogen-bond acceptors (Lipinski definition) is 3. The van der Waals surface area contributed by atoms with Crippen LogP contribution in [0.25, 0.3) is 0 Å². The Morgan fingerprint density at radius 1 is 1.38 bits per heavy atom. The Bertz CT molecular complexity index is 598. The monoisotopic (exact) mass is 314 g/mol. The van der Waals surface area contributed by atoms with Crippen LogP contribution >= 0.6 is 0 Å². The zero-order valence-electron chi connectivity index (χ0n) is 12.5. The smallest absolute Gasteiger partial charge is 0.243 e. The summed E-state index contributed by atoms with van der Waals surface area (Å²) in [6.07, 6.45) is 2.63. The van der Waals surface area contributed by atoms with E-state index in [1.807, 2.05) is 0 Å². The molecule has 21 heavy (non-hydrogen) atoms. The number of hydrogen-bond donors (Lipinski definition) is 1. The third-order valence-corrected chi connectivity index (χ3v) is 5.67. The Labute approximate surface area is 126 Å². The lowest BCUT2D eigenvalue weighted by molar-refractivity contribution is 0.373. The molecule has 0 amide bonds. The highest BCUT2D eigenvalue weighted by molar-refractivity contribution is 7.89. The largest absolute Gasteiger partial charge is 0.326 e. The zero-order chi connectivity index (χ0) is 15.6. The van der Waals surface area contributed by atoms with Crippen molar-refractivity contribution < 1.29 is 12.8 Å². The van der Waals surface area contributed by atoms with Crippen molar-refractivity contribution in [3.8, 4) is 0 Å². The van der Waals surface area contributed by atoms with Crippen LogP contribution in [0.5, 0.6) is 0 Å².